The van der Waals surface area contributed by atoms with Crippen LogP contribution in [0.15, 0.2) is 78.3 Å². The molecule has 0 spiro atoms. The minimum absolute atomic E-state index is 0.261. The topological polar surface area (TPSA) is 93.9 Å². The summed E-state index contributed by atoms with van der Waals surface area (Å²) < 4.78 is 45.1. The number of primary amides is 1. The van der Waals surface area contributed by atoms with Gasteiger partial charge in [-0.2, -0.15) is 13.2 Å². The lowest BCUT2D eigenvalue weighted by molar-refractivity contribution is -0.138. The van der Waals surface area contributed by atoms with Crippen molar-refractivity contribution in [1.82, 2.24) is 15.0 Å². The molecular formula is C25H17F3N4O2S. The third kappa shape index (κ3) is 4.60. The molecule has 10 heteroatoms. The average Bonchev–Trinajstić information content (AvgIpc) is 3.49. The van der Waals surface area contributed by atoms with Gasteiger partial charge in [0.25, 0.3) is 0 Å². The third-order valence-electron chi connectivity index (χ3n) is 5.37. The number of amides is 1. The SMILES string of the molecule is NC(=O)C(c1ccc2nc(-c3ccc(Oc4ccccc4C(F)(F)F)cc3)[nH]c2c1)c1nccs1. The van der Waals surface area contributed by atoms with Gasteiger partial charge in [0.05, 0.1) is 16.6 Å². The lowest BCUT2D eigenvalue weighted by atomic mass is 9.98. The van der Waals surface area contributed by atoms with E-state index in [1.54, 1.807) is 48.0 Å². The fraction of sp³-hybridized carbons (Fsp3) is 0.0800. The minimum Gasteiger partial charge on any atom is -0.457 e. The van der Waals surface area contributed by atoms with Crippen LogP contribution < -0.4 is 10.5 Å². The number of aromatic nitrogens is 3. The molecule has 176 valence electrons. The summed E-state index contributed by atoms with van der Waals surface area (Å²) in [6, 6.07) is 17.0. The molecule has 0 fully saturated rings. The van der Waals surface area contributed by atoms with Gasteiger partial charge in [-0.3, -0.25) is 4.79 Å². The zero-order chi connectivity index (χ0) is 24.6. The summed E-state index contributed by atoms with van der Waals surface area (Å²) in [7, 11) is 0. The van der Waals surface area contributed by atoms with E-state index in [1.807, 2.05) is 6.07 Å². The second-order valence-electron chi connectivity index (χ2n) is 7.69. The van der Waals surface area contributed by atoms with Gasteiger partial charge >= 0.3 is 6.18 Å². The predicted molar refractivity (Wildman–Crippen MR) is 126 cm³/mol. The predicted octanol–water partition coefficient (Wildman–Crippen LogP) is 6.11. The van der Waals surface area contributed by atoms with Crippen LogP contribution in [0.3, 0.4) is 0 Å². The Hall–Kier alpha value is -4.18. The molecule has 5 rings (SSSR count). The van der Waals surface area contributed by atoms with E-state index < -0.39 is 23.6 Å². The molecule has 1 amide bonds. The van der Waals surface area contributed by atoms with Crippen LogP contribution in [0, 0.1) is 0 Å². The van der Waals surface area contributed by atoms with E-state index in [0.29, 0.717) is 33.0 Å². The van der Waals surface area contributed by atoms with Gasteiger partial charge in [0.1, 0.15) is 28.2 Å². The lowest BCUT2D eigenvalue weighted by Crippen LogP contribution is -2.22. The number of hydrogen-bond acceptors (Lipinski definition) is 5. The number of benzene rings is 3. The highest BCUT2D eigenvalue weighted by atomic mass is 32.1. The van der Waals surface area contributed by atoms with Crippen molar-refractivity contribution in [2.24, 2.45) is 5.73 Å². The molecule has 35 heavy (non-hydrogen) atoms. The number of nitrogens with zero attached hydrogens (tertiary/aromatic N) is 2. The maximum atomic E-state index is 13.2. The zero-order valence-corrected chi connectivity index (χ0v) is 18.7. The first-order valence-electron chi connectivity index (χ1n) is 10.4. The number of nitrogens with two attached hydrogens (primary N) is 1. The van der Waals surface area contributed by atoms with E-state index in [4.69, 9.17) is 10.5 Å². The van der Waals surface area contributed by atoms with E-state index in [2.05, 4.69) is 15.0 Å². The summed E-state index contributed by atoms with van der Waals surface area (Å²) in [5.74, 6) is -0.613. The second kappa shape index (κ2) is 8.88. The van der Waals surface area contributed by atoms with E-state index >= 15 is 0 Å². The smallest absolute Gasteiger partial charge is 0.419 e. The number of carbonyl (C=O) groups excluding carboxylic acids is 1. The number of nitrogens with one attached hydrogen (secondary N) is 1. The lowest BCUT2D eigenvalue weighted by Gasteiger charge is -2.13. The van der Waals surface area contributed by atoms with Crippen LogP contribution in [-0.2, 0) is 11.0 Å². The molecule has 3 N–H and O–H groups in total. The third-order valence-corrected chi connectivity index (χ3v) is 6.21. The number of imidazole rings is 1. The van der Waals surface area contributed by atoms with Crippen molar-refractivity contribution in [3.8, 4) is 22.9 Å². The van der Waals surface area contributed by atoms with Gasteiger partial charge in [-0.05, 0) is 54.1 Å². The molecular weight excluding hydrogens is 477 g/mol. The molecule has 2 heterocycles. The summed E-state index contributed by atoms with van der Waals surface area (Å²) in [4.78, 5) is 24.1. The first-order chi connectivity index (χ1) is 16.8. The monoisotopic (exact) mass is 494 g/mol. The molecule has 0 bridgehead atoms. The van der Waals surface area contributed by atoms with Gasteiger partial charge in [-0.25, -0.2) is 9.97 Å². The van der Waals surface area contributed by atoms with Crippen LogP contribution in [0.2, 0.25) is 0 Å². The molecule has 2 aromatic heterocycles. The highest BCUT2D eigenvalue weighted by molar-refractivity contribution is 7.09. The summed E-state index contributed by atoms with van der Waals surface area (Å²) in [6.45, 7) is 0. The van der Waals surface area contributed by atoms with Gasteiger partial charge in [0, 0.05) is 17.1 Å². The molecule has 3 aromatic carbocycles. The first-order valence-corrected chi connectivity index (χ1v) is 11.3. The highest BCUT2D eigenvalue weighted by Gasteiger charge is 2.34. The van der Waals surface area contributed by atoms with Crippen molar-refractivity contribution >= 4 is 28.3 Å². The van der Waals surface area contributed by atoms with Crippen LogP contribution in [0.5, 0.6) is 11.5 Å². The highest BCUT2D eigenvalue weighted by Crippen LogP contribution is 2.38. The van der Waals surface area contributed by atoms with E-state index in [1.165, 1.54) is 29.5 Å². The zero-order valence-electron chi connectivity index (χ0n) is 17.9. The average molecular weight is 494 g/mol. The number of para-hydroxylation sites is 1. The van der Waals surface area contributed by atoms with E-state index in [0.717, 1.165) is 6.07 Å². The number of thiazole rings is 1. The fourth-order valence-electron chi connectivity index (χ4n) is 3.75. The van der Waals surface area contributed by atoms with Crippen molar-refractivity contribution in [3.05, 3.63) is 94.4 Å². The molecule has 0 aliphatic rings. The normalized spacial score (nSPS) is 12.5. The Morgan fingerprint density at radius 2 is 1.83 bits per heavy atom. The number of fused-ring (bicyclic) bond motifs is 1. The Bertz CT molecular complexity index is 1500. The minimum atomic E-state index is -4.52. The number of alkyl halides is 3. The Morgan fingerprint density at radius 3 is 2.51 bits per heavy atom. The van der Waals surface area contributed by atoms with E-state index in [9.17, 15) is 18.0 Å². The van der Waals surface area contributed by atoms with Gasteiger partial charge in [0.15, 0.2) is 0 Å². The molecule has 0 saturated carbocycles. The van der Waals surface area contributed by atoms with Crippen molar-refractivity contribution in [3.63, 3.8) is 0 Å². The summed E-state index contributed by atoms with van der Waals surface area (Å²) in [6.07, 6.45) is -2.89. The maximum absolute atomic E-state index is 13.2. The molecule has 0 saturated heterocycles. The molecule has 5 aromatic rings. The van der Waals surface area contributed by atoms with Crippen LogP contribution >= 0.6 is 11.3 Å². The largest absolute Gasteiger partial charge is 0.457 e. The van der Waals surface area contributed by atoms with Crippen molar-refractivity contribution in [2.45, 2.75) is 12.1 Å². The summed E-state index contributed by atoms with van der Waals surface area (Å²) >= 11 is 1.35. The van der Waals surface area contributed by atoms with Crippen LogP contribution in [0.1, 0.15) is 22.1 Å². The summed E-state index contributed by atoms with van der Waals surface area (Å²) in [5, 5.41) is 2.40. The van der Waals surface area contributed by atoms with Crippen LogP contribution in [-0.4, -0.2) is 20.9 Å². The van der Waals surface area contributed by atoms with Crippen molar-refractivity contribution in [1.29, 1.82) is 0 Å². The number of carbonyl (C=O) groups is 1. The Labute approximate surface area is 201 Å². The molecule has 0 radical (unpaired) electrons. The van der Waals surface area contributed by atoms with E-state index in [-0.39, 0.29) is 11.5 Å². The first kappa shape index (κ1) is 22.6. The Balaban J connectivity index is 1.41. The fourth-order valence-corrected chi connectivity index (χ4v) is 4.52. The number of halogens is 3. The van der Waals surface area contributed by atoms with Gasteiger partial charge in [-0.15, -0.1) is 11.3 Å². The summed E-state index contributed by atoms with van der Waals surface area (Å²) in [5.41, 5.74) is 7.59. The van der Waals surface area contributed by atoms with Gasteiger partial charge < -0.3 is 15.5 Å². The number of H-pyrrole nitrogens is 1. The number of hydrogen-bond donors (Lipinski definition) is 2. The second-order valence-corrected chi connectivity index (χ2v) is 8.61. The van der Waals surface area contributed by atoms with Crippen molar-refractivity contribution in [2.75, 3.05) is 0 Å². The Kier molecular flexibility index (Phi) is 5.73. The van der Waals surface area contributed by atoms with Crippen LogP contribution in [0.25, 0.3) is 22.4 Å². The molecule has 1 unspecified atom stereocenters. The van der Waals surface area contributed by atoms with Crippen LogP contribution in [0.4, 0.5) is 13.2 Å². The van der Waals surface area contributed by atoms with Crippen molar-refractivity contribution < 1.29 is 22.7 Å². The molecule has 0 aliphatic heterocycles. The standard InChI is InChI=1S/C25H17F3N4O2S/c26-25(27,28)17-3-1-2-4-20(17)34-16-8-5-14(6-9-16)23-31-18-10-7-15(13-19(18)32-23)21(22(29)33)24-30-11-12-35-24/h1-13,21H,(H2,29,33)(H,31,32). The number of ether oxygens (including phenoxy) is 1. The Morgan fingerprint density at radius 1 is 1.06 bits per heavy atom. The molecule has 1 atom stereocenters. The number of aromatic amines is 1. The quantitative estimate of drug-likeness (QED) is 0.298. The maximum Gasteiger partial charge on any atom is 0.419 e. The molecule has 6 nitrogen and oxygen atoms in total. The molecule has 0 aliphatic carbocycles. The van der Waals surface area contributed by atoms with Gasteiger partial charge in [0.2, 0.25) is 5.91 Å². The van der Waals surface area contributed by atoms with Gasteiger partial charge in [-0.1, -0.05) is 18.2 Å². The number of rotatable bonds is 6.